The minimum absolute atomic E-state index is 0.536. The van der Waals surface area contributed by atoms with Gasteiger partial charge in [-0.25, -0.2) is 4.98 Å². The Morgan fingerprint density at radius 1 is 1.25 bits per heavy atom. The molecule has 6 heteroatoms. The summed E-state index contributed by atoms with van der Waals surface area (Å²) in [5, 5.41) is 22.5. The van der Waals surface area contributed by atoms with Crippen molar-refractivity contribution in [2.75, 3.05) is 11.9 Å². The van der Waals surface area contributed by atoms with E-state index in [1.807, 2.05) is 47.9 Å². The summed E-state index contributed by atoms with van der Waals surface area (Å²) in [6, 6.07) is 9.72. The van der Waals surface area contributed by atoms with Crippen LogP contribution in [0.2, 0.25) is 0 Å². The molecule has 0 saturated heterocycles. The third-order valence-corrected chi connectivity index (χ3v) is 4.60. The molecule has 2 N–H and O–H groups in total. The van der Waals surface area contributed by atoms with Gasteiger partial charge in [0.2, 0.25) is 5.65 Å². The number of anilines is 1. The Balaban J connectivity index is 1.47. The van der Waals surface area contributed by atoms with E-state index in [1.54, 1.807) is 6.20 Å². The lowest BCUT2D eigenvalue weighted by Crippen LogP contribution is -2.24. The largest absolute Gasteiger partial charge is 0.385 e. The van der Waals surface area contributed by atoms with Crippen LogP contribution in [0.1, 0.15) is 43.5 Å². The van der Waals surface area contributed by atoms with E-state index in [2.05, 4.69) is 20.5 Å². The van der Waals surface area contributed by atoms with Crippen LogP contribution in [0.15, 0.2) is 42.7 Å². The van der Waals surface area contributed by atoms with Crippen LogP contribution in [0.5, 0.6) is 0 Å². The van der Waals surface area contributed by atoms with Gasteiger partial charge in [0.25, 0.3) is 0 Å². The molecule has 2 aromatic heterocycles. The van der Waals surface area contributed by atoms with Gasteiger partial charge in [0.15, 0.2) is 5.82 Å². The van der Waals surface area contributed by atoms with Gasteiger partial charge < -0.3 is 10.4 Å². The van der Waals surface area contributed by atoms with Gasteiger partial charge in [-0.05, 0) is 31.7 Å². The van der Waals surface area contributed by atoms with Gasteiger partial charge in [-0.15, -0.1) is 10.2 Å². The van der Waals surface area contributed by atoms with Crippen LogP contribution >= 0.6 is 0 Å². The van der Waals surface area contributed by atoms with E-state index < -0.39 is 5.60 Å². The molecule has 1 fully saturated rings. The molecular formula is C18H21N5O. The Morgan fingerprint density at radius 2 is 2.04 bits per heavy atom. The van der Waals surface area contributed by atoms with Crippen molar-refractivity contribution in [1.29, 1.82) is 0 Å². The van der Waals surface area contributed by atoms with Crippen molar-refractivity contribution in [3.63, 3.8) is 0 Å². The summed E-state index contributed by atoms with van der Waals surface area (Å²) in [6.45, 7) is 2.43. The summed E-state index contributed by atoms with van der Waals surface area (Å²) in [5.41, 5.74) is 0.779. The zero-order chi connectivity index (χ0) is 16.6. The summed E-state index contributed by atoms with van der Waals surface area (Å²) in [7, 11) is 0. The topological polar surface area (TPSA) is 75.3 Å². The summed E-state index contributed by atoms with van der Waals surface area (Å²) >= 11 is 0. The van der Waals surface area contributed by atoms with Crippen LogP contribution < -0.4 is 5.32 Å². The third kappa shape index (κ3) is 2.85. The number of nitrogens with zero attached hydrogens (tertiary/aromatic N) is 4. The smallest absolute Gasteiger partial charge is 0.203 e. The molecular weight excluding hydrogens is 302 g/mol. The molecule has 1 aliphatic carbocycles. The second-order valence-corrected chi connectivity index (χ2v) is 6.62. The van der Waals surface area contributed by atoms with E-state index in [1.165, 1.54) is 12.8 Å². The van der Waals surface area contributed by atoms with Crippen LogP contribution in [0.3, 0.4) is 0 Å². The molecule has 0 spiro atoms. The number of benzene rings is 1. The molecule has 1 aromatic carbocycles. The third-order valence-electron chi connectivity index (χ3n) is 4.60. The average molecular weight is 323 g/mol. The first-order chi connectivity index (χ1) is 11.6. The Morgan fingerprint density at radius 3 is 2.79 bits per heavy atom. The van der Waals surface area contributed by atoms with Gasteiger partial charge in [-0.2, -0.15) is 0 Å². The predicted molar refractivity (Wildman–Crippen MR) is 91.9 cm³/mol. The van der Waals surface area contributed by atoms with Crippen molar-refractivity contribution in [1.82, 2.24) is 19.6 Å². The van der Waals surface area contributed by atoms with Crippen molar-refractivity contribution in [2.45, 2.75) is 37.7 Å². The van der Waals surface area contributed by atoms with Crippen LogP contribution in [-0.2, 0) is 5.60 Å². The fraction of sp³-hybridized carbons (Fsp3) is 0.389. The van der Waals surface area contributed by atoms with E-state index in [0.717, 1.165) is 17.0 Å². The number of fused-ring (bicyclic) bond motifs is 1. The highest BCUT2D eigenvalue weighted by Gasteiger charge is 2.29. The van der Waals surface area contributed by atoms with Gasteiger partial charge in [0.05, 0.1) is 5.60 Å². The van der Waals surface area contributed by atoms with E-state index in [0.29, 0.717) is 24.7 Å². The van der Waals surface area contributed by atoms with Crippen LogP contribution in [0, 0.1) is 0 Å². The molecule has 6 nitrogen and oxygen atoms in total. The van der Waals surface area contributed by atoms with Gasteiger partial charge in [-0.1, -0.05) is 30.3 Å². The van der Waals surface area contributed by atoms with E-state index in [9.17, 15) is 5.11 Å². The van der Waals surface area contributed by atoms with Crippen LogP contribution in [0.25, 0.3) is 5.65 Å². The predicted octanol–water partition coefficient (Wildman–Crippen LogP) is 2.71. The lowest BCUT2D eigenvalue weighted by atomic mass is 9.93. The first-order valence-corrected chi connectivity index (χ1v) is 8.36. The molecule has 0 aliphatic heterocycles. The molecule has 0 radical (unpaired) electrons. The van der Waals surface area contributed by atoms with E-state index >= 15 is 0 Å². The van der Waals surface area contributed by atoms with Gasteiger partial charge >= 0.3 is 0 Å². The molecule has 0 amide bonds. The van der Waals surface area contributed by atoms with Crippen molar-refractivity contribution in [3.05, 3.63) is 54.1 Å². The lowest BCUT2D eigenvalue weighted by Gasteiger charge is -2.24. The highest BCUT2D eigenvalue weighted by atomic mass is 16.3. The number of rotatable bonds is 6. The zero-order valence-corrected chi connectivity index (χ0v) is 13.7. The van der Waals surface area contributed by atoms with Crippen LogP contribution in [-0.4, -0.2) is 31.2 Å². The summed E-state index contributed by atoms with van der Waals surface area (Å²) < 4.78 is 2.02. The second-order valence-electron chi connectivity index (χ2n) is 6.62. The fourth-order valence-corrected chi connectivity index (χ4v) is 2.95. The Kier molecular flexibility index (Phi) is 3.69. The first-order valence-electron chi connectivity index (χ1n) is 8.36. The minimum Gasteiger partial charge on any atom is -0.385 e. The maximum atomic E-state index is 10.7. The highest BCUT2D eigenvalue weighted by molar-refractivity contribution is 5.62. The van der Waals surface area contributed by atoms with Crippen molar-refractivity contribution in [3.8, 4) is 0 Å². The number of nitrogens with one attached hydrogen (secondary N) is 1. The van der Waals surface area contributed by atoms with Crippen LogP contribution in [0.4, 0.5) is 5.82 Å². The molecule has 1 unspecified atom stereocenters. The van der Waals surface area contributed by atoms with E-state index in [4.69, 9.17) is 0 Å². The molecule has 2 heterocycles. The molecule has 1 saturated carbocycles. The number of hydrogen-bond donors (Lipinski definition) is 2. The molecule has 1 aliphatic rings. The normalized spacial score (nSPS) is 16.9. The Hall–Kier alpha value is -2.47. The lowest BCUT2D eigenvalue weighted by molar-refractivity contribution is 0.0515. The summed E-state index contributed by atoms with van der Waals surface area (Å²) in [4.78, 5) is 4.38. The van der Waals surface area contributed by atoms with Gasteiger partial charge in [0, 0.05) is 24.9 Å². The summed E-state index contributed by atoms with van der Waals surface area (Å²) in [5.74, 6) is 2.27. The van der Waals surface area contributed by atoms with Gasteiger partial charge in [-0.3, -0.25) is 4.40 Å². The zero-order valence-electron chi connectivity index (χ0n) is 13.7. The Bertz CT molecular complexity index is 839. The number of aliphatic hydroxyl groups is 1. The van der Waals surface area contributed by atoms with Crippen molar-refractivity contribution in [2.24, 2.45) is 0 Å². The standard InChI is InChI=1S/C18H21N5O/c1-18(24,14-5-3-2-4-6-14)9-10-19-15-17-22-21-16(13-7-8-13)23(17)12-11-20-15/h2-6,11-13,24H,7-10H2,1H3,(H,19,20). The molecule has 24 heavy (non-hydrogen) atoms. The molecule has 124 valence electrons. The maximum Gasteiger partial charge on any atom is 0.203 e. The molecule has 4 rings (SSSR count). The van der Waals surface area contributed by atoms with E-state index in [-0.39, 0.29) is 0 Å². The average Bonchev–Trinajstić information content (AvgIpc) is 3.35. The second kappa shape index (κ2) is 5.87. The monoisotopic (exact) mass is 323 g/mol. The molecule has 3 aromatic rings. The maximum absolute atomic E-state index is 10.7. The van der Waals surface area contributed by atoms with Crippen molar-refractivity contribution < 1.29 is 5.11 Å². The molecule has 1 atom stereocenters. The number of hydrogen-bond acceptors (Lipinski definition) is 5. The first kappa shape index (κ1) is 15.1. The Labute approximate surface area is 140 Å². The highest BCUT2D eigenvalue weighted by Crippen LogP contribution is 2.39. The SMILES string of the molecule is CC(O)(CCNc1nccn2c(C3CC3)nnc12)c1ccccc1. The molecule has 0 bridgehead atoms. The van der Waals surface area contributed by atoms with Gasteiger partial charge in [0.1, 0.15) is 5.82 Å². The fourth-order valence-electron chi connectivity index (χ4n) is 2.95. The quantitative estimate of drug-likeness (QED) is 0.729. The number of aromatic nitrogens is 4. The van der Waals surface area contributed by atoms with Crippen molar-refractivity contribution >= 4 is 11.5 Å². The summed E-state index contributed by atoms with van der Waals surface area (Å²) in [6.07, 6.45) is 6.62. The minimum atomic E-state index is -0.883.